The van der Waals surface area contributed by atoms with E-state index in [-0.39, 0.29) is 71.3 Å². The van der Waals surface area contributed by atoms with Crippen LogP contribution < -0.4 is 26.5 Å². The molecule has 0 radical (unpaired) electrons. The molecule has 0 fully saturated rings. The Kier molecular flexibility index (Phi) is 31.8. The predicted molar refractivity (Wildman–Crippen MR) is 259 cm³/mol. The Bertz CT molecular complexity index is 1440. The predicted octanol–water partition coefficient (Wildman–Crippen LogP) is 12.6. The number of amidine groups is 1. The Hall–Kier alpha value is -2.07. The first-order valence-electron chi connectivity index (χ1n) is 19.6. The van der Waals surface area contributed by atoms with Crippen molar-refractivity contribution in [3.8, 4) is 0 Å². The van der Waals surface area contributed by atoms with E-state index in [1.165, 1.54) is 21.2 Å². The molecule has 4 rings (SSSR count). The van der Waals surface area contributed by atoms with E-state index in [0.29, 0.717) is 18.1 Å². The molecule has 6 nitrogen and oxygen atoms in total. The maximum atomic E-state index is 4.93. The molecule has 0 amide bonds. The Morgan fingerprint density at radius 2 is 0.754 bits per heavy atom. The molecular formula is C48H74N6P2Zr-6. The molecule has 0 heterocycles. The van der Waals surface area contributed by atoms with Crippen molar-refractivity contribution in [2.24, 2.45) is 4.99 Å². The Morgan fingerprint density at radius 1 is 0.456 bits per heavy atom. The smallest absolute Gasteiger partial charge is 0.129 e. The van der Waals surface area contributed by atoms with E-state index >= 15 is 0 Å². The minimum Gasteiger partial charge on any atom is -0.676 e. The molecule has 0 saturated heterocycles. The molecule has 9 heteroatoms. The summed E-state index contributed by atoms with van der Waals surface area (Å²) < 4.78 is 0. The number of hydrogen-bond donors (Lipinski definition) is 1. The summed E-state index contributed by atoms with van der Waals surface area (Å²) in [4.78, 5) is 4.90. The van der Waals surface area contributed by atoms with Gasteiger partial charge >= 0.3 is 0 Å². The topological polar surface area (TPSA) is 80.8 Å². The van der Waals surface area contributed by atoms with E-state index in [2.05, 4.69) is 220 Å². The molecule has 4 aromatic carbocycles. The molecule has 0 unspecified atom stereocenters. The number of nitrogens with one attached hydrogen (secondary N) is 1. The summed E-state index contributed by atoms with van der Waals surface area (Å²) in [5.74, 6) is 0.0137. The van der Waals surface area contributed by atoms with Crippen LogP contribution in [-0.4, -0.2) is 53.9 Å². The standard InChI is InChI=1S/2C19H25N2P.C8H18N2.2CH3.Zr/c2*1-15(2)20-19(21-16(3)4)22(17-11-7-5-8-12-17)18-13-9-6-10-14-18;1-6(2)9-8(5)10-7(3)4;;;/h5-16H,1-4H3,(H,20,21);5-16,19H,1-4H3;6-8H,1-5H3;2*1H3;/q;2*-2;2*-1;. The van der Waals surface area contributed by atoms with Crippen molar-refractivity contribution < 1.29 is 26.2 Å². The van der Waals surface area contributed by atoms with Crippen molar-refractivity contribution in [3.05, 3.63) is 157 Å². The van der Waals surface area contributed by atoms with Crippen molar-refractivity contribution >= 4 is 42.6 Å². The van der Waals surface area contributed by atoms with Gasteiger partial charge < -0.3 is 41.4 Å². The monoisotopic (exact) mass is 886 g/mol. The maximum absolute atomic E-state index is 4.93. The molecule has 57 heavy (non-hydrogen) atoms. The number of hydrogen-bond acceptors (Lipinski definition) is 1. The third-order valence-electron chi connectivity index (χ3n) is 7.23. The molecule has 0 aliphatic carbocycles. The van der Waals surface area contributed by atoms with Crippen molar-refractivity contribution in [2.45, 2.75) is 138 Å². The first-order valence-corrected chi connectivity index (χ1v) is 22.4. The van der Waals surface area contributed by atoms with Gasteiger partial charge in [-0.15, -0.1) is 31.1 Å². The van der Waals surface area contributed by atoms with Gasteiger partial charge in [0.15, 0.2) is 0 Å². The van der Waals surface area contributed by atoms with Gasteiger partial charge in [-0.3, -0.25) is 4.99 Å². The van der Waals surface area contributed by atoms with Gasteiger partial charge in [-0.05, 0) is 48.9 Å². The molecule has 4 aromatic rings. The van der Waals surface area contributed by atoms with Gasteiger partial charge in [0.05, 0.1) is 0 Å². The SMILES string of the molecule is CC(C)N=C(NC(C)C)P(c1ccccc1)c1ccccc1.CC(C)[N-]C(C)[N-]C(C)C.CC(C)[N-]C([N-]C(C)C)P(c1ccccc1)c1ccccc1.[CH3-].[CH3-].[Zr]. The molecule has 0 bridgehead atoms. The average molecular weight is 888 g/mol. The van der Waals surface area contributed by atoms with Gasteiger partial charge in [0.25, 0.3) is 0 Å². The molecule has 0 aliphatic rings. The molecule has 0 aliphatic heterocycles. The fourth-order valence-corrected chi connectivity index (χ4v) is 10.5. The van der Waals surface area contributed by atoms with Crippen molar-refractivity contribution in [1.82, 2.24) is 5.32 Å². The fourth-order valence-electron chi connectivity index (χ4n) is 5.41. The minimum absolute atomic E-state index is 0. The van der Waals surface area contributed by atoms with Crippen LogP contribution >= 0.6 is 15.8 Å². The van der Waals surface area contributed by atoms with Crippen molar-refractivity contribution in [1.29, 1.82) is 0 Å². The maximum Gasteiger partial charge on any atom is 0.129 e. The van der Waals surface area contributed by atoms with E-state index in [1.807, 2.05) is 6.92 Å². The van der Waals surface area contributed by atoms with Crippen LogP contribution in [0, 0.1) is 14.9 Å². The summed E-state index contributed by atoms with van der Waals surface area (Å²) in [6.07, 6.45) is 0.167. The van der Waals surface area contributed by atoms with Gasteiger partial charge in [0.2, 0.25) is 0 Å². The van der Waals surface area contributed by atoms with E-state index in [4.69, 9.17) is 15.6 Å². The van der Waals surface area contributed by atoms with Crippen LogP contribution in [0.4, 0.5) is 0 Å². The Morgan fingerprint density at radius 3 is 1.02 bits per heavy atom. The van der Waals surface area contributed by atoms with Gasteiger partial charge in [0, 0.05) is 46.2 Å². The van der Waals surface area contributed by atoms with Gasteiger partial charge in [-0.1, -0.05) is 185 Å². The minimum atomic E-state index is -0.640. The second-order valence-electron chi connectivity index (χ2n) is 14.8. The third-order valence-corrected chi connectivity index (χ3v) is 12.0. The quantitative estimate of drug-likeness (QED) is 0.0517. The Balaban J connectivity index is 0. The molecule has 0 aromatic heterocycles. The number of aliphatic imine (C=N–C) groups is 1. The molecular weight excluding hydrogens is 814 g/mol. The number of benzene rings is 4. The molecule has 0 spiro atoms. The zero-order chi connectivity index (χ0) is 40.0. The summed E-state index contributed by atoms with van der Waals surface area (Å²) in [6.45, 7) is 27.4. The van der Waals surface area contributed by atoms with Crippen LogP contribution in [-0.2, 0) is 26.2 Å². The first kappa shape index (κ1) is 57.0. The van der Waals surface area contributed by atoms with Crippen molar-refractivity contribution in [3.63, 3.8) is 0 Å². The van der Waals surface area contributed by atoms with Crippen LogP contribution in [0.2, 0.25) is 0 Å². The Labute approximate surface area is 372 Å². The second kappa shape index (κ2) is 31.8. The zero-order valence-corrected chi connectivity index (χ0v) is 42.0. The summed E-state index contributed by atoms with van der Waals surface area (Å²) in [7, 11) is -1.25. The summed E-state index contributed by atoms with van der Waals surface area (Å²) >= 11 is 0. The average Bonchev–Trinajstić information content (AvgIpc) is 3.09. The van der Waals surface area contributed by atoms with Crippen molar-refractivity contribution in [2.75, 3.05) is 0 Å². The number of rotatable bonds is 16. The zero-order valence-electron chi connectivity index (χ0n) is 37.8. The van der Waals surface area contributed by atoms with Crippen LogP contribution in [0.5, 0.6) is 0 Å². The normalized spacial score (nSPS) is 11.4. The summed E-state index contributed by atoms with van der Waals surface area (Å²) in [5.41, 5.74) is 1.11. The molecule has 316 valence electrons. The molecule has 0 atom stereocenters. The van der Waals surface area contributed by atoms with Gasteiger partial charge in [0.1, 0.15) is 5.58 Å². The van der Waals surface area contributed by atoms with E-state index in [0.717, 1.165) is 5.58 Å². The van der Waals surface area contributed by atoms with Crippen LogP contribution in [0.1, 0.15) is 90.0 Å². The number of nitrogens with zero attached hydrogens (tertiary/aromatic N) is 5. The van der Waals surface area contributed by atoms with Crippen LogP contribution in [0.25, 0.3) is 21.3 Å². The van der Waals surface area contributed by atoms with Crippen LogP contribution in [0.15, 0.2) is 126 Å². The second-order valence-corrected chi connectivity index (χ2v) is 19.2. The molecule has 1 N–H and O–H groups in total. The summed E-state index contributed by atoms with van der Waals surface area (Å²) in [5, 5.41) is 27.5. The fraction of sp³-hybridized carbons (Fsp3) is 0.438. The van der Waals surface area contributed by atoms with Gasteiger partial charge in [-0.25, -0.2) is 12.1 Å². The van der Waals surface area contributed by atoms with E-state index in [1.54, 1.807) is 0 Å². The molecule has 0 saturated carbocycles. The van der Waals surface area contributed by atoms with E-state index < -0.39 is 15.8 Å². The van der Waals surface area contributed by atoms with Gasteiger partial charge in [-0.2, -0.15) is 0 Å². The first-order chi connectivity index (χ1) is 25.7. The summed E-state index contributed by atoms with van der Waals surface area (Å²) in [6, 6.07) is 44.8. The largest absolute Gasteiger partial charge is 0.676 e. The van der Waals surface area contributed by atoms with Crippen LogP contribution in [0.3, 0.4) is 0 Å². The third kappa shape index (κ3) is 23.9. The van der Waals surface area contributed by atoms with E-state index in [9.17, 15) is 0 Å².